The van der Waals surface area contributed by atoms with Crippen LogP contribution in [0.5, 0.6) is 11.5 Å². The van der Waals surface area contributed by atoms with Gasteiger partial charge >= 0.3 is 0 Å². The minimum atomic E-state index is -0.483. The van der Waals surface area contributed by atoms with Crippen molar-refractivity contribution >= 4 is 17.1 Å². The molecule has 8 nitrogen and oxygen atoms in total. The van der Waals surface area contributed by atoms with Crippen molar-refractivity contribution in [3.8, 4) is 17.6 Å². The van der Waals surface area contributed by atoms with Crippen molar-refractivity contribution in [1.29, 1.82) is 5.26 Å². The number of hydrogen-bond donors (Lipinski definition) is 1. The lowest BCUT2D eigenvalue weighted by atomic mass is 10.0. The van der Waals surface area contributed by atoms with Crippen molar-refractivity contribution in [3.05, 3.63) is 52.1 Å². The second-order valence-electron chi connectivity index (χ2n) is 6.58. The third kappa shape index (κ3) is 4.26. The molecular weight excluding hydrogens is 360 g/mol. The smallest absolute Gasteiger partial charge is 0.270 e. The van der Waals surface area contributed by atoms with E-state index in [0.717, 1.165) is 48.8 Å². The normalized spacial score (nSPS) is 14.2. The second-order valence-corrected chi connectivity index (χ2v) is 6.58. The van der Waals surface area contributed by atoms with Gasteiger partial charge in [-0.15, -0.1) is 0 Å². The summed E-state index contributed by atoms with van der Waals surface area (Å²) in [6, 6.07) is 12.5. The van der Waals surface area contributed by atoms with E-state index in [2.05, 4.69) is 16.3 Å². The SMILES string of the molecule is COc1cc(NC2CCN(c3ccc([N+](=O)[O-])cc3C#N)CC2)cc(OC)c1. The third-order valence-corrected chi connectivity index (χ3v) is 4.87. The van der Waals surface area contributed by atoms with Gasteiger partial charge in [0.2, 0.25) is 0 Å². The molecule has 1 N–H and O–H groups in total. The van der Waals surface area contributed by atoms with E-state index in [1.165, 1.54) is 12.1 Å². The first-order valence-corrected chi connectivity index (χ1v) is 8.97. The number of benzene rings is 2. The topological polar surface area (TPSA) is 101 Å². The number of anilines is 2. The zero-order chi connectivity index (χ0) is 20.1. The molecule has 0 bridgehead atoms. The standard InChI is InChI=1S/C20H22N4O4/c1-27-18-10-16(11-19(12-18)28-2)22-15-5-7-23(8-6-15)20-4-3-17(24(25)26)9-14(20)13-21/h3-4,9-12,15,22H,5-8H2,1-2H3. The van der Waals surface area contributed by atoms with E-state index in [9.17, 15) is 15.4 Å². The van der Waals surface area contributed by atoms with Gasteiger partial charge < -0.3 is 19.7 Å². The Hall–Kier alpha value is -3.47. The molecule has 1 fully saturated rings. The van der Waals surface area contributed by atoms with E-state index in [0.29, 0.717) is 5.56 Å². The summed E-state index contributed by atoms with van der Waals surface area (Å²) in [5.74, 6) is 1.45. The summed E-state index contributed by atoms with van der Waals surface area (Å²) in [5, 5.41) is 23.8. The number of ether oxygens (including phenoxy) is 2. The van der Waals surface area contributed by atoms with Crippen LogP contribution in [0.25, 0.3) is 0 Å². The van der Waals surface area contributed by atoms with Crippen LogP contribution < -0.4 is 19.7 Å². The number of nitro groups is 1. The molecule has 0 spiro atoms. The molecule has 2 aromatic rings. The Labute approximate surface area is 163 Å². The van der Waals surface area contributed by atoms with Gasteiger partial charge in [0.1, 0.15) is 17.6 Å². The molecule has 0 aliphatic carbocycles. The molecule has 0 atom stereocenters. The number of methoxy groups -OCH3 is 2. The van der Waals surface area contributed by atoms with Crippen LogP contribution in [0.4, 0.5) is 17.1 Å². The van der Waals surface area contributed by atoms with Crippen molar-refractivity contribution in [1.82, 2.24) is 0 Å². The molecule has 1 aliphatic rings. The van der Waals surface area contributed by atoms with E-state index >= 15 is 0 Å². The van der Waals surface area contributed by atoms with Crippen molar-refractivity contribution in [3.63, 3.8) is 0 Å². The Morgan fingerprint density at radius 2 is 1.79 bits per heavy atom. The highest BCUT2D eigenvalue weighted by atomic mass is 16.6. The summed E-state index contributed by atoms with van der Waals surface area (Å²) in [6.07, 6.45) is 1.75. The molecule has 28 heavy (non-hydrogen) atoms. The van der Waals surface area contributed by atoms with Gasteiger partial charge in [0.15, 0.2) is 0 Å². The molecule has 1 saturated heterocycles. The Bertz CT molecular complexity index is 879. The first-order valence-electron chi connectivity index (χ1n) is 8.97. The van der Waals surface area contributed by atoms with Crippen LogP contribution in [0.15, 0.2) is 36.4 Å². The van der Waals surface area contributed by atoms with Gasteiger partial charge in [-0.2, -0.15) is 5.26 Å². The average molecular weight is 382 g/mol. The fourth-order valence-electron chi connectivity index (χ4n) is 3.39. The van der Waals surface area contributed by atoms with Gasteiger partial charge in [0.05, 0.1) is 30.4 Å². The second kappa shape index (κ2) is 8.48. The van der Waals surface area contributed by atoms with Gasteiger partial charge in [-0.05, 0) is 18.9 Å². The zero-order valence-corrected chi connectivity index (χ0v) is 15.8. The summed E-state index contributed by atoms with van der Waals surface area (Å²) >= 11 is 0. The third-order valence-electron chi connectivity index (χ3n) is 4.87. The van der Waals surface area contributed by atoms with Crippen molar-refractivity contribution in [2.75, 3.05) is 37.5 Å². The molecule has 8 heteroatoms. The number of nitriles is 1. The number of hydrogen-bond acceptors (Lipinski definition) is 7. The molecule has 1 aliphatic heterocycles. The van der Waals surface area contributed by atoms with Gasteiger partial charge in [0.25, 0.3) is 5.69 Å². The number of nitro benzene ring substituents is 1. The number of nitrogens with one attached hydrogen (secondary N) is 1. The summed E-state index contributed by atoms with van der Waals surface area (Å²) < 4.78 is 10.6. The van der Waals surface area contributed by atoms with Crippen LogP contribution in [0.1, 0.15) is 18.4 Å². The number of non-ortho nitro benzene ring substituents is 1. The summed E-state index contributed by atoms with van der Waals surface area (Å²) in [6.45, 7) is 1.51. The lowest BCUT2D eigenvalue weighted by Gasteiger charge is -2.34. The maximum Gasteiger partial charge on any atom is 0.270 e. The van der Waals surface area contributed by atoms with Crippen LogP contribution >= 0.6 is 0 Å². The van der Waals surface area contributed by atoms with E-state index in [1.807, 2.05) is 18.2 Å². The average Bonchev–Trinajstić information content (AvgIpc) is 2.73. The summed E-state index contributed by atoms with van der Waals surface area (Å²) in [4.78, 5) is 12.5. The molecule has 146 valence electrons. The largest absolute Gasteiger partial charge is 0.497 e. The lowest BCUT2D eigenvalue weighted by molar-refractivity contribution is -0.384. The molecule has 2 aromatic carbocycles. The van der Waals surface area contributed by atoms with Crippen molar-refractivity contribution in [2.45, 2.75) is 18.9 Å². The van der Waals surface area contributed by atoms with E-state index in [1.54, 1.807) is 20.3 Å². The fourth-order valence-corrected chi connectivity index (χ4v) is 3.39. The van der Waals surface area contributed by atoms with E-state index in [4.69, 9.17) is 9.47 Å². The lowest BCUT2D eigenvalue weighted by Crippen LogP contribution is -2.39. The first kappa shape index (κ1) is 19.3. The number of rotatable bonds is 6. The molecule has 0 aromatic heterocycles. The molecular formula is C20H22N4O4. The Balaban J connectivity index is 1.67. The van der Waals surface area contributed by atoms with Crippen molar-refractivity contribution < 1.29 is 14.4 Å². The minimum Gasteiger partial charge on any atom is -0.497 e. The predicted octanol–water partition coefficient (Wildman–Crippen LogP) is 3.56. The molecule has 0 amide bonds. The number of piperidine rings is 1. The quantitative estimate of drug-likeness (QED) is 0.602. The van der Waals surface area contributed by atoms with Gasteiger partial charge in [-0.1, -0.05) is 0 Å². The van der Waals surface area contributed by atoms with E-state index < -0.39 is 4.92 Å². The summed E-state index contributed by atoms with van der Waals surface area (Å²) in [5.41, 5.74) is 1.94. The highest BCUT2D eigenvalue weighted by molar-refractivity contribution is 5.63. The van der Waals surface area contributed by atoms with Crippen LogP contribution in [0.3, 0.4) is 0 Å². The van der Waals surface area contributed by atoms with Gasteiger partial charge in [-0.25, -0.2) is 0 Å². The molecule has 0 radical (unpaired) electrons. The van der Waals surface area contributed by atoms with Gasteiger partial charge in [-0.3, -0.25) is 10.1 Å². The van der Waals surface area contributed by atoms with Crippen LogP contribution in [-0.4, -0.2) is 38.3 Å². The fraction of sp³-hybridized carbons (Fsp3) is 0.350. The maximum atomic E-state index is 10.9. The van der Waals surface area contributed by atoms with Crippen molar-refractivity contribution in [2.24, 2.45) is 0 Å². The Morgan fingerprint density at radius 3 is 2.32 bits per heavy atom. The first-order chi connectivity index (χ1) is 13.5. The van der Waals surface area contributed by atoms with Crippen LogP contribution in [0.2, 0.25) is 0 Å². The Kier molecular flexibility index (Phi) is 5.84. The highest BCUT2D eigenvalue weighted by Gasteiger charge is 2.22. The predicted molar refractivity (Wildman–Crippen MR) is 106 cm³/mol. The molecule has 1 heterocycles. The molecule has 0 saturated carbocycles. The monoisotopic (exact) mass is 382 g/mol. The van der Waals surface area contributed by atoms with Crippen LogP contribution in [0, 0.1) is 21.4 Å². The molecule has 0 unspecified atom stereocenters. The minimum absolute atomic E-state index is 0.0659. The van der Waals surface area contributed by atoms with E-state index in [-0.39, 0.29) is 11.7 Å². The van der Waals surface area contributed by atoms with Gasteiger partial charge in [0, 0.05) is 55.2 Å². The highest BCUT2D eigenvalue weighted by Crippen LogP contribution is 2.30. The number of nitrogens with zero attached hydrogens (tertiary/aromatic N) is 3. The maximum absolute atomic E-state index is 10.9. The summed E-state index contributed by atoms with van der Waals surface area (Å²) in [7, 11) is 3.24. The van der Waals surface area contributed by atoms with Crippen LogP contribution in [-0.2, 0) is 0 Å². The molecule has 3 rings (SSSR count). The Morgan fingerprint density at radius 1 is 1.14 bits per heavy atom. The zero-order valence-electron chi connectivity index (χ0n) is 15.8.